The van der Waals surface area contributed by atoms with Crippen LogP contribution >= 0.6 is 0 Å². The molecule has 47 heavy (non-hydrogen) atoms. The number of hydrogen-bond acceptors (Lipinski definition) is 10. The van der Waals surface area contributed by atoms with E-state index in [0.29, 0.717) is 19.4 Å². The van der Waals surface area contributed by atoms with Gasteiger partial charge in [-0.15, -0.1) is 0 Å². The molecule has 12 N–H and O–H groups in total. The van der Waals surface area contributed by atoms with E-state index < -0.39 is 110 Å². The van der Waals surface area contributed by atoms with E-state index in [1.165, 1.54) is 0 Å². The molecule has 0 unspecified atom stereocenters. The van der Waals surface area contributed by atoms with Crippen molar-refractivity contribution < 1.29 is 53.7 Å². The van der Waals surface area contributed by atoms with Crippen molar-refractivity contribution in [2.45, 2.75) is 109 Å². The Hall–Kier alpha value is -4.32. The summed E-state index contributed by atoms with van der Waals surface area (Å²) in [6.45, 7) is 6.83. The summed E-state index contributed by atoms with van der Waals surface area (Å²) in [6, 6.07) is -6.14. The van der Waals surface area contributed by atoms with E-state index in [-0.39, 0.29) is 24.7 Å². The molecule has 0 aliphatic rings. The first-order chi connectivity index (χ1) is 21.9. The quantitative estimate of drug-likeness (QED) is 0.0497. The van der Waals surface area contributed by atoms with Gasteiger partial charge in [0.1, 0.15) is 24.2 Å². The highest BCUT2D eigenvalue weighted by Gasteiger charge is 2.31. The van der Waals surface area contributed by atoms with Gasteiger partial charge in [-0.2, -0.15) is 0 Å². The highest BCUT2D eigenvalue weighted by atomic mass is 16.4. The predicted molar refractivity (Wildman–Crippen MR) is 167 cm³/mol. The van der Waals surface area contributed by atoms with Gasteiger partial charge in [0.2, 0.25) is 29.5 Å². The summed E-state index contributed by atoms with van der Waals surface area (Å²) >= 11 is 0. The van der Waals surface area contributed by atoms with Crippen LogP contribution in [0.3, 0.4) is 0 Å². The molecule has 0 aromatic carbocycles. The summed E-state index contributed by atoms with van der Waals surface area (Å²) < 4.78 is 0. The monoisotopic (exact) mass is 673 g/mol. The lowest BCUT2D eigenvalue weighted by atomic mass is 10.00. The summed E-state index contributed by atoms with van der Waals surface area (Å²) in [5.74, 6) is -8.26. The molecule has 0 heterocycles. The van der Waals surface area contributed by atoms with Gasteiger partial charge in [-0.25, -0.2) is 4.79 Å². The van der Waals surface area contributed by atoms with Crippen LogP contribution in [-0.4, -0.2) is 106 Å². The number of nitrogens with two attached hydrogens (primary N) is 2. The van der Waals surface area contributed by atoms with Gasteiger partial charge in [-0.3, -0.25) is 33.6 Å². The Morgan fingerprint density at radius 1 is 0.617 bits per heavy atom. The molecule has 5 atom stereocenters. The van der Waals surface area contributed by atoms with E-state index in [0.717, 1.165) is 0 Å². The van der Waals surface area contributed by atoms with Crippen LogP contribution in [0.2, 0.25) is 0 Å². The van der Waals surface area contributed by atoms with Gasteiger partial charge >= 0.3 is 17.9 Å². The molecule has 18 nitrogen and oxygen atoms in total. The number of amides is 5. The molecule has 0 aromatic rings. The van der Waals surface area contributed by atoms with Gasteiger partial charge < -0.3 is 53.4 Å². The minimum atomic E-state index is -1.62. The zero-order chi connectivity index (χ0) is 36.3. The SMILES string of the molecule is CC(C)C[C@H](NC(=O)[C@@H](N)C(C)C)C(=O)N[C@@H](CCCCN)C(=O)NCC(=O)N[C@@H](CCC(=O)O)C(=O)N[C@@H](CCC(=O)O)C(=O)O. The maximum atomic E-state index is 13.2. The van der Waals surface area contributed by atoms with Crippen molar-refractivity contribution >= 4 is 47.4 Å². The van der Waals surface area contributed by atoms with Crippen LogP contribution < -0.4 is 38.1 Å². The van der Waals surface area contributed by atoms with E-state index in [1.54, 1.807) is 13.8 Å². The Labute approximate surface area is 273 Å². The molecular weight excluding hydrogens is 622 g/mol. The standard InChI is InChI=1S/C29H51N7O11/c1-15(2)13-20(36-28(45)24(31)16(3)4)27(44)34-17(7-5-6-12-30)25(42)32-14-21(37)33-18(8-10-22(38)39)26(43)35-19(29(46)47)9-11-23(40)41/h15-20,24H,5-14,30-31H2,1-4H3,(H,32,42)(H,33,37)(H,34,44)(H,35,43)(H,36,45)(H,38,39)(H,40,41)(H,46,47)/t17-,18-,19-,20-,24-/m0/s1. The number of carbonyl (C=O) groups excluding carboxylic acids is 5. The number of rotatable bonds is 24. The third-order valence-corrected chi connectivity index (χ3v) is 6.92. The maximum Gasteiger partial charge on any atom is 0.326 e. The van der Waals surface area contributed by atoms with Crippen LogP contribution in [0.1, 0.15) is 79.1 Å². The normalized spacial score (nSPS) is 14.2. The molecule has 0 aliphatic carbocycles. The van der Waals surface area contributed by atoms with E-state index >= 15 is 0 Å². The lowest BCUT2D eigenvalue weighted by Crippen LogP contribution is -2.57. The smallest absolute Gasteiger partial charge is 0.326 e. The van der Waals surface area contributed by atoms with Crippen LogP contribution in [0, 0.1) is 11.8 Å². The number of nitrogens with one attached hydrogen (secondary N) is 5. The molecular formula is C29H51N7O11. The van der Waals surface area contributed by atoms with E-state index in [1.807, 2.05) is 13.8 Å². The summed E-state index contributed by atoms with van der Waals surface area (Å²) in [5, 5.41) is 39.1. The van der Waals surface area contributed by atoms with Crippen molar-refractivity contribution in [1.82, 2.24) is 26.6 Å². The lowest BCUT2D eigenvalue weighted by molar-refractivity contribution is -0.144. The minimum absolute atomic E-state index is 0.0104. The molecule has 0 aliphatic heterocycles. The highest BCUT2D eigenvalue weighted by molar-refractivity contribution is 5.95. The number of carbonyl (C=O) groups is 8. The molecule has 5 amide bonds. The zero-order valence-electron chi connectivity index (χ0n) is 27.4. The van der Waals surface area contributed by atoms with Gasteiger partial charge in [0, 0.05) is 12.8 Å². The van der Waals surface area contributed by atoms with Gasteiger partial charge in [-0.1, -0.05) is 27.7 Å². The Balaban J connectivity index is 5.66. The van der Waals surface area contributed by atoms with Crippen molar-refractivity contribution in [3.05, 3.63) is 0 Å². The summed E-state index contributed by atoms with van der Waals surface area (Å²) in [7, 11) is 0. The van der Waals surface area contributed by atoms with Crippen LogP contribution in [0.15, 0.2) is 0 Å². The number of carboxylic acid groups (broad SMARTS) is 3. The Morgan fingerprint density at radius 3 is 1.60 bits per heavy atom. The maximum absolute atomic E-state index is 13.2. The van der Waals surface area contributed by atoms with Gasteiger partial charge in [0.05, 0.1) is 12.6 Å². The number of carboxylic acids is 3. The largest absolute Gasteiger partial charge is 0.481 e. The van der Waals surface area contributed by atoms with Crippen molar-refractivity contribution in [2.24, 2.45) is 23.3 Å². The Bertz CT molecular complexity index is 1100. The van der Waals surface area contributed by atoms with Crippen LogP contribution in [-0.2, 0) is 38.4 Å². The highest BCUT2D eigenvalue weighted by Crippen LogP contribution is 2.09. The lowest BCUT2D eigenvalue weighted by Gasteiger charge is -2.26. The van der Waals surface area contributed by atoms with Crippen molar-refractivity contribution in [3.8, 4) is 0 Å². The van der Waals surface area contributed by atoms with Crippen molar-refractivity contribution in [2.75, 3.05) is 13.1 Å². The number of hydrogen-bond donors (Lipinski definition) is 10. The molecule has 0 radical (unpaired) electrons. The zero-order valence-corrected chi connectivity index (χ0v) is 27.4. The fraction of sp³-hybridized carbons (Fsp3) is 0.724. The molecule has 0 bridgehead atoms. The average Bonchev–Trinajstić information content (AvgIpc) is 2.97. The second-order valence-corrected chi connectivity index (χ2v) is 11.9. The molecule has 0 spiro atoms. The fourth-order valence-corrected chi connectivity index (χ4v) is 4.18. The number of aliphatic carboxylic acids is 3. The Morgan fingerprint density at radius 2 is 1.11 bits per heavy atom. The van der Waals surface area contributed by atoms with Crippen molar-refractivity contribution in [3.63, 3.8) is 0 Å². The van der Waals surface area contributed by atoms with Gasteiger partial charge in [-0.05, 0) is 56.9 Å². The van der Waals surface area contributed by atoms with E-state index in [9.17, 15) is 43.5 Å². The summed E-state index contributed by atoms with van der Waals surface area (Å²) in [4.78, 5) is 97.8. The summed E-state index contributed by atoms with van der Waals surface area (Å²) in [6.07, 6.45) is -0.702. The predicted octanol–water partition coefficient (Wildman–Crippen LogP) is -1.99. The van der Waals surface area contributed by atoms with Crippen molar-refractivity contribution in [1.29, 1.82) is 0 Å². The van der Waals surface area contributed by atoms with E-state index in [2.05, 4.69) is 26.6 Å². The first-order valence-electron chi connectivity index (χ1n) is 15.5. The number of unbranched alkanes of at least 4 members (excludes halogenated alkanes) is 1. The molecule has 0 fully saturated rings. The summed E-state index contributed by atoms with van der Waals surface area (Å²) in [5.41, 5.74) is 11.5. The molecule has 0 rings (SSSR count). The van der Waals surface area contributed by atoms with Crippen LogP contribution in [0.5, 0.6) is 0 Å². The molecule has 0 aromatic heterocycles. The first-order valence-corrected chi connectivity index (χ1v) is 15.5. The van der Waals surface area contributed by atoms with Crippen LogP contribution in [0.25, 0.3) is 0 Å². The molecule has 268 valence electrons. The van der Waals surface area contributed by atoms with E-state index in [4.69, 9.17) is 21.7 Å². The molecule has 0 saturated heterocycles. The Kier molecular flexibility index (Phi) is 20.2. The topological polar surface area (TPSA) is 309 Å². The third-order valence-electron chi connectivity index (χ3n) is 6.92. The third kappa shape index (κ3) is 18.4. The second-order valence-electron chi connectivity index (χ2n) is 11.9. The minimum Gasteiger partial charge on any atom is -0.481 e. The molecule has 0 saturated carbocycles. The van der Waals surface area contributed by atoms with Crippen LogP contribution in [0.4, 0.5) is 0 Å². The average molecular weight is 674 g/mol. The second kappa shape index (κ2) is 22.2. The molecule has 18 heteroatoms. The van der Waals surface area contributed by atoms with Gasteiger partial charge in [0.25, 0.3) is 0 Å². The van der Waals surface area contributed by atoms with Gasteiger partial charge in [0.15, 0.2) is 0 Å². The first kappa shape index (κ1) is 42.7. The fourth-order valence-electron chi connectivity index (χ4n) is 4.18.